The van der Waals surface area contributed by atoms with E-state index in [0.717, 1.165) is 12.8 Å². The predicted octanol–water partition coefficient (Wildman–Crippen LogP) is 6.21. The highest BCUT2D eigenvalue weighted by atomic mass is 19.2. The van der Waals surface area contributed by atoms with Gasteiger partial charge < -0.3 is 0 Å². The molecule has 0 amide bonds. The third-order valence-corrected chi connectivity index (χ3v) is 3.36. The molecule has 0 saturated heterocycles. The normalized spacial score (nSPS) is 15.1. The molecule has 0 nitrogen and oxygen atoms in total. The molecule has 0 aromatic rings. The molecule has 0 heterocycles. The summed E-state index contributed by atoms with van der Waals surface area (Å²) in [5, 5.41) is 0. The fraction of sp³-hybridized carbons (Fsp3) is 0.647. The average molecular weight is 270 g/mol. The molecule has 0 saturated carbocycles. The van der Waals surface area contributed by atoms with Gasteiger partial charge in [-0.2, -0.15) is 0 Å². The van der Waals surface area contributed by atoms with Crippen LogP contribution >= 0.6 is 0 Å². The van der Waals surface area contributed by atoms with Gasteiger partial charge in [-0.25, -0.2) is 8.78 Å². The van der Waals surface area contributed by atoms with Crippen LogP contribution in [0.15, 0.2) is 22.8 Å². The van der Waals surface area contributed by atoms with Gasteiger partial charge in [0.1, 0.15) is 0 Å². The smallest absolute Gasteiger partial charge is 0.157 e. The van der Waals surface area contributed by atoms with Crippen molar-refractivity contribution in [1.29, 1.82) is 0 Å². The number of halogens is 2. The quantitative estimate of drug-likeness (QED) is 0.398. The summed E-state index contributed by atoms with van der Waals surface area (Å²) in [6, 6.07) is 0. The van der Waals surface area contributed by atoms with E-state index in [4.69, 9.17) is 0 Å². The number of allylic oxidation sites excluding steroid dienone is 4. The van der Waals surface area contributed by atoms with Crippen LogP contribution in [-0.4, -0.2) is 0 Å². The summed E-state index contributed by atoms with van der Waals surface area (Å²) in [6.45, 7) is 11.4. The SMILES string of the molecule is C#C.CC/C(C)=C(F)\C(F)=C(/C)C(C)CCC(C)C. The molecule has 1 atom stereocenters. The summed E-state index contributed by atoms with van der Waals surface area (Å²) in [5.41, 5.74) is 1.02. The summed E-state index contributed by atoms with van der Waals surface area (Å²) in [5.74, 6) is -0.610. The van der Waals surface area contributed by atoms with Crippen molar-refractivity contribution >= 4 is 0 Å². The van der Waals surface area contributed by atoms with Gasteiger partial charge in [0.25, 0.3) is 0 Å². The van der Waals surface area contributed by atoms with Crippen molar-refractivity contribution in [2.45, 2.75) is 60.8 Å². The lowest BCUT2D eigenvalue weighted by molar-refractivity contribution is 0.464. The third-order valence-electron chi connectivity index (χ3n) is 3.36. The topological polar surface area (TPSA) is 0 Å². The fourth-order valence-corrected chi connectivity index (χ4v) is 1.53. The molecule has 110 valence electrons. The van der Waals surface area contributed by atoms with Crippen LogP contribution in [0.1, 0.15) is 60.8 Å². The molecule has 2 heteroatoms. The standard InChI is InChI=1S/C15H26F2.C2H2/c1-7-11(4)14(16)15(17)13(6)12(5)9-8-10(2)3;1-2/h10,12H,7-9H2,1-6H3;1-2H/b14-11+,15-13-;. The molecule has 0 radical (unpaired) electrons. The molecule has 0 aromatic heterocycles. The molecule has 1 unspecified atom stereocenters. The second-order valence-corrected chi connectivity index (χ2v) is 5.32. The Balaban J connectivity index is 0. The van der Waals surface area contributed by atoms with Crippen LogP contribution in [0.2, 0.25) is 0 Å². The number of hydrogen-bond acceptors (Lipinski definition) is 0. The Bertz CT molecular complexity index is 332. The minimum atomic E-state index is -0.665. The molecule has 0 aliphatic heterocycles. The molecule has 0 bridgehead atoms. The van der Waals surface area contributed by atoms with Crippen molar-refractivity contribution in [2.75, 3.05) is 0 Å². The molecule has 0 aliphatic rings. The lowest BCUT2D eigenvalue weighted by Crippen LogP contribution is -2.02. The van der Waals surface area contributed by atoms with E-state index >= 15 is 0 Å². The number of hydrogen-bond donors (Lipinski definition) is 0. The van der Waals surface area contributed by atoms with Crippen molar-refractivity contribution < 1.29 is 8.78 Å². The van der Waals surface area contributed by atoms with E-state index in [-0.39, 0.29) is 5.92 Å². The highest BCUT2D eigenvalue weighted by molar-refractivity contribution is 5.28. The Labute approximate surface area is 118 Å². The largest absolute Gasteiger partial charge is 0.204 e. The van der Waals surface area contributed by atoms with Gasteiger partial charge in [-0.3, -0.25) is 0 Å². The van der Waals surface area contributed by atoms with Gasteiger partial charge in [0.05, 0.1) is 0 Å². The molecule has 0 rings (SSSR count). The van der Waals surface area contributed by atoms with Crippen LogP contribution in [0.5, 0.6) is 0 Å². The van der Waals surface area contributed by atoms with Gasteiger partial charge in [-0.05, 0) is 49.7 Å². The number of rotatable bonds is 6. The van der Waals surface area contributed by atoms with Crippen LogP contribution in [0, 0.1) is 24.7 Å². The van der Waals surface area contributed by atoms with E-state index in [1.807, 2.05) is 13.8 Å². The van der Waals surface area contributed by atoms with Gasteiger partial charge in [-0.1, -0.05) is 34.1 Å². The minimum Gasteiger partial charge on any atom is -0.204 e. The zero-order chi connectivity index (χ0) is 15.6. The van der Waals surface area contributed by atoms with E-state index in [9.17, 15) is 8.78 Å². The Morgan fingerprint density at radius 1 is 0.947 bits per heavy atom. The van der Waals surface area contributed by atoms with E-state index in [1.54, 1.807) is 13.8 Å². The summed E-state index contributed by atoms with van der Waals surface area (Å²) >= 11 is 0. The second-order valence-electron chi connectivity index (χ2n) is 5.32. The molecule has 0 aliphatic carbocycles. The Hall–Kier alpha value is -1.10. The predicted molar refractivity (Wildman–Crippen MR) is 81.0 cm³/mol. The van der Waals surface area contributed by atoms with Crippen LogP contribution in [-0.2, 0) is 0 Å². The molecule has 0 N–H and O–H groups in total. The van der Waals surface area contributed by atoms with E-state index < -0.39 is 11.7 Å². The van der Waals surface area contributed by atoms with Crippen LogP contribution in [0.4, 0.5) is 8.78 Å². The molecular formula is C17H28F2. The van der Waals surface area contributed by atoms with E-state index in [2.05, 4.69) is 26.7 Å². The second kappa shape index (κ2) is 10.8. The molecule has 19 heavy (non-hydrogen) atoms. The van der Waals surface area contributed by atoms with Crippen molar-refractivity contribution in [1.82, 2.24) is 0 Å². The van der Waals surface area contributed by atoms with E-state index in [1.165, 1.54) is 0 Å². The fourth-order valence-electron chi connectivity index (χ4n) is 1.53. The van der Waals surface area contributed by atoms with Gasteiger partial charge >= 0.3 is 0 Å². The maximum Gasteiger partial charge on any atom is 0.157 e. The van der Waals surface area contributed by atoms with Crippen LogP contribution < -0.4 is 0 Å². The first-order valence-corrected chi connectivity index (χ1v) is 6.86. The van der Waals surface area contributed by atoms with Crippen molar-refractivity contribution in [3.05, 3.63) is 22.8 Å². The number of terminal acetylenes is 1. The molecule has 0 fully saturated rings. The maximum absolute atomic E-state index is 13.8. The zero-order valence-electron chi connectivity index (χ0n) is 13.2. The Morgan fingerprint density at radius 2 is 1.42 bits per heavy atom. The first-order valence-electron chi connectivity index (χ1n) is 6.86. The van der Waals surface area contributed by atoms with E-state index in [0.29, 0.717) is 23.5 Å². The summed E-state index contributed by atoms with van der Waals surface area (Å²) in [4.78, 5) is 0. The third kappa shape index (κ3) is 7.82. The first-order chi connectivity index (χ1) is 8.81. The van der Waals surface area contributed by atoms with Crippen molar-refractivity contribution in [3.63, 3.8) is 0 Å². The highest BCUT2D eigenvalue weighted by Gasteiger charge is 2.15. The van der Waals surface area contributed by atoms with Gasteiger partial charge in [-0.15, -0.1) is 12.8 Å². The van der Waals surface area contributed by atoms with Gasteiger partial charge in [0.15, 0.2) is 11.7 Å². The lowest BCUT2D eigenvalue weighted by atomic mass is 9.92. The summed E-state index contributed by atoms with van der Waals surface area (Å²) < 4.78 is 27.5. The highest BCUT2D eigenvalue weighted by Crippen LogP contribution is 2.29. The van der Waals surface area contributed by atoms with Crippen molar-refractivity contribution in [3.8, 4) is 12.8 Å². The van der Waals surface area contributed by atoms with Crippen LogP contribution in [0.25, 0.3) is 0 Å². The zero-order valence-corrected chi connectivity index (χ0v) is 13.2. The Morgan fingerprint density at radius 3 is 1.79 bits per heavy atom. The van der Waals surface area contributed by atoms with Crippen LogP contribution in [0.3, 0.4) is 0 Å². The lowest BCUT2D eigenvalue weighted by Gasteiger charge is -2.15. The first kappa shape index (κ1) is 20.2. The van der Waals surface area contributed by atoms with Crippen molar-refractivity contribution in [2.24, 2.45) is 11.8 Å². The maximum atomic E-state index is 13.8. The molecule has 0 spiro atoms. The molecule has 0 aromatic carbocycles. The average Bonchev–Trinajstić information content (AvgIpc) is 2.43. The summed E-state index contributed by atoms with van der Waals surface area (Å²) in [6.07, 6.45) is 10.5. The minimum absolute atomic E-state index is 0.104. The molecular weight excluding hydrogens is 242 g/mol. The summed E-state index contributed by atoms with van der Waals surface area (Å²) in [7, 11) is 0. The Kier molecular flexibility index (Phi) is 11.5. The monoisotopic (exact) mass is 270 g/mol. The van der Waals surface area contributed by atoms with Gasteiger partial charge in [0.2, 0.25) is 0 Å². The van der Waals surface area contributed by atoms with Gasteiger partial charge in [0, 0.05) is 0 Å².